The lowest BCUT2D eigenvalue weighted by molar-refractivity contribution is -0.658. The highest BCUT2D eigenvalue weighted by molar-refractivity contribution is 6.79. The predicted octanol–water partition coefficient (Wildman–Crippen LogP) is 15.9. The van der Waals surface area contributed by atoms with Crippen LogP contribution >= 0.6 is 0 Å². The van der Waals surface area contributed by atoms with Crippen LogP contribution in [0.4, 0.5) is 29.1 Å². The molecule has 0 radical (unpaired) electrons. The van der Waals surface area contributed by atoms with Gasteiger partial charge >= 0.3 is 34.2 Å². The lowest BCUT2D eigenvalue weighted by Gasteiger charge is -2.25. The number of rotatable bonds is 11. The molecule has 2 aliphatic carbocycles. The smallest absolute Gasteiger partial charge is 0.293 e. The van der Waals surface area contributed by atoms with Crippen molar-refractivity contribution in [1.29, 1.82) is 0 Å². The van der Waals surface area contributed by atoms with Gasteiger partial charge in [-0.15, -0.1) is 0 Å². The van der Waals surface area contributed by atoms with Gasteiger partial charge in [0.05, 0.1) is 97.2 Å². The Bertz CT molecular complexity index is 5070. The van der Waals surface area contributed by atoms with Gasteiger partial charge < -0.3 is 0 Å². The first kappa shape index (κ1) is 79.0. The quantitative estimate of drug-likeness (QED) is 0.0953. The lowest BCUT2D eigenvalue weighted by Crippen LogP contribution is -2.51. The molecule has 5 aromatic heterocycles. The molecular formula is C96H118B5N10+5. The van der Waals surface area contributed by atoms with Crippen LogP contribution in [0.2, 0.25) is 34.1 Å². The minimum atomic E-state index is 0.347. The van der Waals surface area contributed by atoms with Crippen LogP contribution in [0.25, 0.3) is 30.4 Å². The van der Waals surface area contributed by atoms with Gasteiger partial charge in [0.25, 0.3) is 29.1 Å². The third-order valence-corrected chi connectivity index (χ3v) is 24.5. The van der Waals surface area contributed by atoms with Crippen molar-refractivity contribution in [2.24, 2.45) is 47.1 Å². The lowest BCUT2D eigenvalue weighted by atomic mass is 9.54. The van der Waals surface area contributed by atoms with Crippen LogP contribution in [0.15, 0.2) is 238 Å². The number of hydrogen-bond acceptors (Lipinski definition) is 5. The molecule has 0 atom stereocenters. The Labute approximate surface area is 668 Å². The molecule has 0 spiro atoms. The fourth-order valence-corrected chi connectivity index (χ4v) is 17.6. The predicted molar refractivity (Wildman–Crippen MR) is 478 cm³/mol. The Morgan fingerprint density at radius 3 is 1.08 bits per heavy atom. The third kappa shape index (κ3) is 18.3. The highest BCUT2D eigenvalue weighted by Gasteiger charge is 2.39. The zero-order chi connectivity index (χ0) is 78.0. The number of aromatic nitrogens is 5. The molecule has 0 saturated heterocycles. The summed E-state index contributed by atoms with van der Waals surface area (Å²) in [5.41, 5.74) is 22.0. The van der Waals surface area contributed by atoms with E-state index in [2.05, 4.69) is 426 Å². The minimum Gasteiger partial charge on any atom is -0.293 e. The summed E-state index contributed by atoms with van der Waals surface area (Å²) in [5, 5.41) is 0. The topological polar surface area (TPSA) is 35.6 Å². The van der Waals surface area contributed by atoms with E-state index in [0.29, 0.717) is 46.1 Å². The molecule has 0 N–H and O–H groups in total. The number of aryl methyl sites for hydroxylation is 7. The summed E-state index contributed by atoms with van der Waals surface area (Å²) in [4.78, 5) is 11.9. The van der Waals surface area contributed by atoms with Crippen molar-refractivity contribution in [1.82, 2.24) is 0 Å². The van der Waals surface area contributed by atoms with E-state index in [4.69, 9.17) is 0 Å². The van der Waals surface area contributed by atoms with E-state index in [9.17, 15) is 0 Å². The Morgan fingerprint density at radius 1 is 0.351 bits per heavy atom. The van der Waals surface area contributed by atoms with E-state index in [1.54, 1.807) is 0 Å². The Balaban J connectivity index is 0.000000122. The van der Waals surface area contributed by atoms with Gasteiger partial charge in [-0.3, -0.25) is 24.1 Å². The summed E-state index contributed by atoms with van der Waals surface area (Å²) in [6.07, 6.45) is 48.1. The Kier molecular flexibility index (Phi) is 25.6. The molecule has 2 fully saturated rings. The number of hydrogen-bond donors (Lipinski definition) is 0. The molecule has 10 aromatic rings. The van der Waals surface area contributed by atoms with Crippen LogP contribution in [0, 0.1) is 25.7 Å². The molecule has 2 saturated carbocycles. The third-order valence-electron chi connectivity index (χ3n) is 24.5. The largest absolute Gasteiger partial charge is 0.409 e. The van der Waals surface area contributed by atoms with Crippen LogP contribution in [0.3, 0.4) is 0 Å². The highest BCUT2D eigenvalue weighted by Crippen LogP contribution is 2.36. The van der Waals surface area contributed by atoms with Crippen LogP contribution in [0.5, 0.6) is 0 Å². The van der Waals surface area contributed by atoms with Crippen molar-refractivity contribution in [2.75, 3.05) is 24.1 Å². The average Bonchev–Trinajstić information content (AvgIpc) is 1.26. The molecule has 562 valence electrons. The van der Waals surface area contributed by atoms with Crippen LogP contribution < -0.4 is 74.2 Å². The molecule has 0 unspecified atom stereocenters. The van der Waals surface area contributed by atoms with Crippen molar-refractivity contribution in [3.8, 4) is 0 Å². The van der Waals surface area contributed by atoms with E-state index < -0.39 is 0 Å². The van der Waals surface area contributed by atoms with E-state index in [1.807, 2.05) is 0 Å². The van der Waals surface area contributed by atoms with Gasteiger partial charge in [0.1, 0.15) is 0 Å². The number of benzene rings is 5. The molecule has 0 bridgehead atoms. The highest BCUT2D eigenvalue weighted by atomic mass is 15.2. The standard InChI is InChI=1S/C22H28BN2.C20H24BN2.C19H24BN2.C18H22BN2.C17H20BN2/c1-23-21-11-7-6-10-20(21)13-15-25(23)22-17-19(12-14-24(22)2)16-18-8-4-3-5-9-18;1-21-19-10-6-5-9-17(19)12-14-23(21)20-15-18(11-13-22(20)2)16-7-3-4-8-16;1-15(2)13-16-9-11-21(4)19(14-16)22-12-10-17-7-5-6-8-18(17)20(22)3;1-14(2)16-9-11-20(4)18(13-16)21-12-10-15-7-5-6-8-17(15)19(21)3;1-13-11-17(19(4)12-14(13)2)20-10-9-15-7-5-6-8-16(15)18(20)3/h6-7,10-15,17-18H,3-5,8-9,16H2,1-2H3;5-6,9-16H,3-4,7-8H2,1-2H3;5-12,14-15H,13H2,1-4H3;5-14H,1-4H3;5-12H,1-4H3/q5*+1. The fraction of sp³-hybridized carbons (Fsp3) is 0.323. The van der Waals surface area contributed by atoms with E-state index in [0.717, 1.165) is 18.3 Å². The van der Waals surface area contributed by atoms with Gasteiger partial charge in [-0.05, 0) is 240 Å². The summed E-state index contributed by atoms with van der Waals surface area (Å²) in [6, 6.07) is 64.1. The second kappa shape index (κ2) is 35.9. The zero-order valence-electron chi connectivity index (χ0n) is 69.3. The van der Waals surface area contributed by atoms with Crippen molar-refractivity contribution in [3.05, 3.63) is 299 Å². The SMILES string of the molecule is CB1c2ccccc2C=CN1c1cc(C(C)C)cc[n+]1C.CB1c2ccccc2C=CN1c1cc(C)c(C)c[n+]1C.CB1c2ccccc2C=CN1c1cc(C2CCCC2)cc[n+]1C.CB1c2ccccc2C=CN1c1cc(CC(C)C)cc[n+]1C.CB1c2ccccc2C=CN1c1cc(CC2CCCCC2)cc[n+]1C. The molecule has 5 aromatic carbocycles. The van der Waals surface area contributed by atoms with Gasteiger partial charge in [0.2, 0.25) is 0 Å². The summed E-state index contributed by atoms with van der Waals surface area (Å²) in [7, 11) is 10.6. The van der Waals surface area contributed by atoms with Gasteiger partial charge in [0, 0.05) is 30.3 Å². The zero-order valence-corrected chi connectivity index (χ0v) is 69.3. The van der Waals surface area contributed by atoms with Crippen molar-refractivity contribution in [3.63, 3.8) is 0 Å². The summed E-state index contributed by atoms with van der Waals surface area (Å²) in [6.45, 7) is 26.5. The summed E-state index contributed by atoms with van der Waals surface area (Å²) in [5.74, 6) is 9.13. The van der Waals surface area contributed by atoms with Crippen LogP contribution in [0.1, 0.15) is 159 Å². The summed E-state index contributed by atoms with van der Waals surface area (Å²) < 4.78 is 11.1. The van der Waals surface area contributed by atoms with E-state index >= 15 is 0 Å². The van der Waals surface area contributed by atoms with Gasteiger partial charge in [-0.2, -0.15) is 0 Å². The number of anilines is 5. The minimum absolute atomic E-state index is 0.347. The first-order chi connectivity index (χ1) is 53.7. The maximum Gasteiger partial charge on any atom is 0.409 e. The maximum absolute atomic E-state index is 2.41. The molecule has 5 aliphatic heterocycles. The number of pyridine rings is 5. The van der Waals surface area contributed by atoms with Gasteiger partial charge in [-0.1, -0.05) is 194 Å². The Morgan fingerprint density at radius 2 is 0.685 bits per heavy atom. The van der Waals surface area contributed by atoms with Crippen molar-refractivity contribution < 1.29 is 22.8 Å². The Hall–Kier alpha value is -10.1. The van der Waals surface area contributed by atoms with Crippen LogP contribution in [-0.2, 0) is 48.1 Å². The molecule has 0 amide bonds. The number of nitrogens with zero attached hydrogens (tertiary/aromatic N) is 10. The molecule has 15 heteroatoms. The number of fused-ring (bicyclic) bond motifs is 5. The second-order valence-electron chi connectivity index (χ2n) is 33.1. The average molecular weight is 1470 g/mol. The van der Waals surface area contributed by atoms with Crippen molar-refractivity contribution in [2.45, 2.75) is 158 Å². The summed E-state index contributed by atoms with van der Waals surface area (Å²) >= 11 is 0. The van der Waals surface area contributed by atoms with E-state index in [-0.39, 0.29) is 0 Å². The van der Waals surface area contributed by atoms with Gasteiger partial charge in [0.15, 0.2) is 0 Å². The monoisotopic (exact) mass is 1470 g/mol. The molecule has 10 heterocycles. The van der Waals surface area contributed by atoms with Crippen molar-refractivity contribution >= 4 is 121 Å². The molecular weight excluding hydrogens is 1350 g/mol. The maximum atomic E-state index is 2.41. The second-order valence-corrected chi connectivity index (χ2v) is 33.1. The molecule has 111 heavy (non-hydrogen) atoms. The van der Waals surface area contributed by atoms with Crippen LogP contribution in [-0.4, -0.2) is 34.2 Å². The molecule has 17 rings (SSSR count). The molecule has 7 aliphatic rings. The fourth-order valence-electron chi connectivity index (χ4n) is 17.6. The first-order valence-corrected chi connectivity index (χ1v) is 41.4. The molecule has 10 nitrogen and oxygen atoms in total. The van der Waals surface area contributed by atoms with Gasteiger partial charge in [-0.25, -0.2) is 22.8 Å². The van der Waals surface area contributed by atoms with E-state index in [1.165, 1.54) is 182 Å². The first-order valence-electron chi connectivity index (χ1n) is 41.4. The normalized spacial score (nSPS) is 15.4.